The lowest BCUT2D eigenvalue weighted by molar-refractivity contribution is -0.138. The molecule has 190 valence electrons. The number of rotatable bonds is 0. The standard InChI is InChI=1S/C9H8F4.C9H11F.C8H9F.2CH4/c1-5-6(2)8(10)4-3-7(5)9(11,12)13;1-6-4-5-7(2)9(10)8(6)3;1-6-4-3-5-8(9)7(6)2;;/h3-4H,1-2H3;4-5H,1-3H3;3-5H,1-2H3;2*1H4. The fraction of sp³-hybridized carbons (Fsp3) is 0.357. The lowest BCUT2D eigenvalue weighted by atomic mass is 10.0. The predicted octanol–water partition coefficient (Wildman–Crippen LogP) is 9.93. The summed E-state index contributed by atoms with van der Waals surface area (Å²) in [6, 6.07) is 10.4. The van der Waals surface area contributed by atoms with Crippen molar-refractivity contribution in [1.82, 2.24) is 0 Å². The van der Waals surface area contributed by atoms with Crippen molar-refractivity contribution >= 4 is 0 Å². The van der Waals surface area contributed by atoms with E-state index in [0.717, 1.165) is 39.9 Å². The van der Waals surface area contributed by atoms with E-state index in [4.69, 9.17) is 0 Å². The first-order valence-electron chi connectivity index (χ1n) is 9.95. The van der Waals surface area contributed by atoms with Gasteiger partial charge in [0.2, 0.25) is 0 Å². The van der Waals surface area contributed by atoms with Gasteiger partial charge in [-0.25, -0.2) is 13.2 Å². The van der Waals surface area contributed by atoms with Gasteiger partial charge in [-0.3, -0.25) is 0 Å². The van der Waals surface area contributed by atoms with Gasteiger partial charge in [-0.2, -0.15) is 13.2 Å². The summed E-state index contributed by atoms with van der Waals surface area (Å²) in [5.41, 5.74) is 3.49. The maximum atomic E-state index is 13.0. The molecule has 0 amide bonds. The minimum atomic E-state index is -4.40. The van der Waals surface area contributed by atoms with Crippen molar-refractivity contribution in [3.05, 3.63) is 104 Å². The van der Waals surface area contributed by atoms with Gasteiger partial charge in [0.05, 0.1) is 5.56 Å². The topological polar surface area (TPSA) is 0 Å². The molecule has 34 heavy (non-hydrogen) atoms. The molecule has 0 nitrogen and oxygen atoms in total. The van der Waals surface area contributed by atoms with Gasteiger partial charge in [0.15, 0.2) is 0 Å². The summed E-state index contributed by atoms with van der Waals surface area (Å²) >= 11 is 0. The van der Waals surface area contributed by atoms with Crippen LogP contribution >= 0.6 is 0 Å². The van der Waals surface area contributed by atoms with Crippen LogP contribution in [0.15, 0.2) is 42.5 Å². The zero-order valence-electron chi connectivity index (χ0n) is 19.3. The Bertz CT molecular complexity index is 1020. The lowest BCUT2D eigenvalue weighted by Crippen LogP contribution is -2.09. The Labute approximate surface area is 200 Å². The summed E-state index contributed by atoms with van der Waals surface area (Å²) in [6.45, 7) is 11.8. The minimum absolute atomic E-state index is 0. The van der Waals surface area contributed by atoms with Crippen molar-refractivity contribution in [3.8, 4) is 0 Å². The molecule has 0 heterocycles. The van der Waals surface area contributed by atoms with Gasteiger partial charge < -0.3 is 0 Å². The number of benzene rings is 3. The summed E-state index contributed by atoms with van der Waals surface area (Å²) in [6.07, 6.45) is -4.40. The van der Waals surface area contributed by atoms with E-state index in [1.54, 1.807) is 32.9 Å². The first-order chi connectivity index (χ1) is 14.7. The van der Waals surface area contributed by atoms with Crippen LogP contribution in [0.2, 0.25) is 0 Å². The van der Waals surface area contributed by atoms with Gasteiger partial charge in [0.1, 0.15) is 17.5 Å². The molecule has 0 atom stereocenters. The van der Waals surface area contributed by atoms with Crippen LogP contribution in [0, 0.1) is 65.9 Å². The molecule has 3 rings (SSSR count). The summed E-state index contributed by atoms with van der Waals surface area (Å²) in [7, 11) is 0. The van der Waals surface area contributed by atoms with Crippen molar-refractivity contribution in [2.24, 2.45) is 0 Å². The van der Waals surface area contributed by atoms with E-state index in [9.17, 15) is 26.3 Å². The summed E-state index contributed by atoms with van der Waals surface area (Å²) in [5, 5.41) is 0. The fourth-order valence-corrected chi connectivity index (χ4v) is 2.73. The maximum absolute atomic E-state index is 13.0. The molecule has 0 saturated carbocycles. The molecule has 3 aromatic carbocycles. The monoisotopic (exact) mass is 486 g/mol. The molecule has 0 fully saturated rings. The second-order valence-corrected chi connectivity index (χ2v) is 7.66. The van der Waals surface area contributed by atoms with E-state index in [-0.39, 0.29) is 37.6 Å². The zero-order chi connectivity index (χ0) is 24.8. The molecule has 0 aliphatic rings. The third-order valence-corrected chi connectivity index (χ3v) is 5.42. The van der Waals surface area contributed by atoms with E-state index >= 15 is 0 Å². The smallest absolute Gasteiger partial charge is 0.207 e. The maximum Gasteiger partial charge on any atom is 0.416 e. The summed E-state index contributed by atoms with van der Waals surface area (Å²) in [5.74, 6) is -0.791. The molecule has 0 saturated heterocycles. The third kappa shape index (κ3) is 8.88. The second kappa shape index (κ2) is 13.8. The minimum Gasteiger partial charge on any atom is -0.207 e. The molecule has 0 spiro atoms. The van der Waals surface area contributed by atoms with E-state index in [0.29, 0.717) is 0 Å². The number of hydrogen-bond donors (Lipinski definition) is 0. The molecule has 0 bridgehead atoms. The normalized spacial score (nSPS) is 10.0. The van der Waals surface area contributed by atoms with Crippen molar-refractivity contribution in [2.75, 3.05) is 0 Å². The van der Waals surface area contributed by atoms with Crippen molar-refractivity contribution in [2.45, 2.75) is 69.5 Å². The van der Waals surface area contributed by atoms with Crippen LogP contribution in [0.1, 0.15) is 59.4 Å². The average molecular weight is 487 g/mol. The highest BCUT2D eigenvalue weighted by atomic mass is 19.4. The molecule has 0 aliphatic heterocycles. The molecular weight excluding hydrogens is 450 g/mol. The molecular formula is C28H36F6. The molecule has 0 aliphatic carbocycles. The van der Waals surface area contributed by atoms with Crippen LogP contribution in [0.3, 0.4) is 0 Å². The largest absolute Gasteiger partial charge is 0.416 e. The Hall–Kier alpha value is -2.76. The van der Waals surface area contributed by atoms with Crippen LogP contribution in [0.5, 0.6) is 0 Å². The van der Waals surface area contributed by atoms with Crippen molar-refractivity contribution in [1.29, 1.82) is 0 Å². The van der Waals surface area contributed by atoms with E-state index in [2.05, 4.69) is 0 Å². The van der Waals surface area contributed by atoms with E-state index in [1.807, 2.05) is 26.0 Å². The number of alkyl halides is 3. The molecule has 0 radical (unpaired) electrons. The Morgan fingerprint density at radius 1 is 0.500 bits per heavy atom. The molecule has 0 aromatic heterocycles. The van der Waals surface area contributed by atoms with Gasteiger partial charge in [-0.05, 0) is 106 Å². The predicted molar refractivity (Wildman–Crippen MR) is 131 cm³/mol. The Kier molecular flexibility index (Phi) is 13.6. The zero-order valence-corrected chi connectivity index (χ0v) is 19.3. The Balaban J connectivity index is 0. The van der Waals surface area contributed by atoms with Gasteiger partial charge in [0.25, 0.3) is 0 Å². The van der Waals surface area contributed by atoms with Gasteiger partial charge in [-0.15, -0.1) is 0 Å². The third-order valence-electron chi connectivity index (χ3n) is 5.42. The first-order valence-corrected chi connectivity index (χ1v) is 9.95. The first kappa shape index (κ1) is 33.4. The Morgan fingerprint density at radius 3 is 1.41 bits per heavy atom. The van der Waals surface area contributed by atoms with Crippen LogP contribution in [-0.2, 0) is 6.18 Å². The highest BCUT2D eigenvalue weighted by Crippen LogP contribution is 2.33. The van der Waals surface area contributed by atoms with Crippen molar-refractivity contribution < 1.29 is 26.3 Å². The molecule has 3 aromatic rings. The summed E-state index contributed by atoms with van der Waals surface area (Å²) in [4.78, 5) is 0. The summed E-state index contributed by atoms with van der Waals surface area (Å²) < 4.78 is 75.1. The van der Waals surface area contributed by atoms with E-state index in [1.165, 1.54) is 19.9 Å². The number of hydrogen-bond acceptors (Lipinski definition) is 0. The van der Waals surface area contributed by atoms with Gasteiger partial charge in [-0.1, -0.05) is 39.1 Å². The lowest BCUT2D eigenvalue weighted by Gasteiger charge is -2.12. The van der Waals surface area contributed by atoms with Crippen LogP contribution in [0.25, 0.3) is 0 Å². The molecule has 0 unspecified atom stereocenters. The quantitative estimate of drug-likeness (QED) is 0.277. The van der Waals surface area contributed by atoms with Crippen LogP contribution < -0.4 is 0 Å². The average Bonchev–Trinajstić information content (AvgIpc) is 2.71. The van der Waals surface area contributed by atoms with Crippen LogP contribution in [-0.4, -0.2) is 0 Å². The number of aryl methyl sites for hydroxylation is 3. The van der Waals surface area contributed by atoms with Gasteiger partial charge >= 0.3 is 6.18 Å². The number of halogens is 6. The fourth-order valence-electron chi connectivity index (χ4n) is 2.73. The molecule has 6 heteroatoms. The highest BCUT2D eigenvalue weighted by Gasteiger charge is 2.33. The van der Waals surface area contributed by atoms with E-state index < -0.39 is 17.6 Å². The second-order valence-electron chi connectivity index (χ2n) is 7.66. The highest BCUT2D eigenvalue weighted by molar-refractivity contribution is 5.36. The molecule has 0 N–H and O–H groups in total. The van der Waals surface area contributed by atoms with Crippen LogP contribution in [0.4, 0.5) is 26.3 Å². The SMILES string of the molecule is C.C.Cc1c(F)ccc(C(F)(F)F)c1C.Cc1ccc(C)c(F)c1C.Cc1cccc(F)c1C. The Morgan fingerprint density at radius 2 is 0.971 bits per heavy atom. The van der Waals surface area contributed by atoms with Crippen molar-refractivity contribution in [3.63, 3.8) is 0 Å². The van der Waals surface area contributed by atoms with Gasteiger partial charge in [0, 0.05) is 0 Å².